The van der Waals surface area contributed by atoms with Gasteiger partial charge in [-0.2, -0.15) is 0 Å². The van der Waals surface area contributed by atoms with Gasteiger partial charge in [-0.1, -0.05) is 42.8 Å². The second kappa shape index (κ2) is 7.21. The van der Waals surface area contributed by atoms with Gasteiger partial charge in [-0.05, 0) is 58.2 Å². The second-order valence-electron chi connectivity index (χ2n) is 4.59. The summed E-state index contributed by atoms with van der Waals surface area (Å²) < 4.78 is 14.3. The van der Waals surface area contributed by atoms with Crippen LogP contribution < -0.4 is 5.32 Å². The van der Waals surface area contributed by atoms with Crippen LogP contribution in [0.15, 0.2) is 46.9 Å². The maximum absolute atomic E-state index is 13.8. The highest BCUT2D eigenvalue weighted by Gasteiger charge is 2.18. The minimum absolute atomic E-state index is 0.0845. The van der Waals surface area contributed by atoms with Gasteiger partial charge in [0.25, 0.3) is 0 Å². The van der Waals surface area contributed by atoms with Crippen molar-refractivity contribution in [3.05, 3.63) is 68.9 Å². The van der Waals surface area contributed by atoms with Gasteiger partial charge in [0.1, 0.15) is 5.82 Å². The molecular formula is C16H16BrClFN. The van der Waals surface area contributed by atoms with Crippen LogP contribution in [0.3, 0.4) is 0 Å². The van der Waals surface area contributed by atoms with Crippen molar-refractivity contribution in [1.82, 2.24) is 5.32 Å². The summed E-state index contributed by atoms with van der Waals surface area (Å²) in [4.78, 5) is 0. The van der Waals surface area contributed by atoms with Crippen LogP contribution in [0.25, 0.3) is 0 Å². The summed E-state index contributed by atoms with van der Waals surface area (Å²) in [6.07, 6.45) is 1.00. The Morgan fingerprint density at radius 1 is 1.25 bits per heavy atom. The normalized spacial score (nSPS) is 12.4. The van der Waals surface area contributed by atoms with Crippen molar-refractivity contribution < 1.29 is 4.39 Å². The number of benzene rings is 2. The van der Waals surface area contributed by atoms with E-state index < -0.39 is 0 Å². The summed E-state index contributed by atoms with van der Waals surface area (Å²) in [5.41, 5.74) is 1.90. The predicted octanol–water partition coefficient (Wildman–Crippen LogP) is 5.33. The van der Waals surface area contributed by atoms with Gasteiger partial charge >= 0.3 is 0 Å². The topological polar surface area (TPSA) is 12.0 Å². The molecule has 0 aliphatic rings. The number of halogens is 3. The third-order valence-electron chi connectivity index (χ3n) is 3.07. The number of nitrogens with one attached hydrogen (secondary N) is 1. The van der Waals surface area contributed by atoms with Crippen LogP contribution >= 0.6 is 27.5 Å². The molecule has 0 aromatic heterocycles. The average molecular weight is 357 g/mol. The van der Waals surface area contributed by atoms with Crippen LogP contribution in [0.1, 0.15) is 30.5 Å². The van der Waals surface area contributed by atoms with Gasteiger partial charge < -0.3 is 5.32 Å². The molecule has 2 rings (SSSR count). The van der Waals surface area contributed by atoms with Gasteiger partial charge in [0.05, 0.1) is 10.5 Å². The maximum atomic E-state index is 13.8. The monoisotopic (exact) mass is 355 g/mol. The van der Waals surface area contributed by atoms with Crippen LogP contribution in [0.2, 0.25) is 5.02 Å². The molecule has 1 nitrogen and oxygen atoms in total. The lowest BCUT2D eigenvalue weighted by Crippen LogP contribution is -2.23. The summed E-state index contributed by atoms with van der Waals surface area (Å²) >= 11 is 9.41. The molecular weight excluding hydrogens is 341 g/mol. The van der Waals surface area contributed by atoms with Crippen LogP contribution in [-0.4, -0.2) is 6.54 Å². The highest BCUT2D eigenvalue weighted by Crippen LogP contribution is 2.31. The van der Waals surface area contributed by atoms with Crippen LogP contribution in [0, 0.1) is 5.82 Å². The molecule has 106 valence electrons. The standard InChI is InChI=1S/C16H16BrClFN/c1-2-9-20-16(11-5-3-6-12(18)10-11)13-7-4-8-14(19)15(13)17/h3-8,10,16,20H,2,9H2,1H3. The van der Waals surface area contributed by atoms with Gasteiger partial charge in [0, 0.05) is 5.02 Å². The number of hydrogen-bond acceptors (Lipinski definition) is 1. The van der Waals surface area contributed by atoms with E-state index in [9.17, 15) is 4.39 Å². The van der Waals surface area contributed by atoms with Gasteiger partial charge in [-0.3, -0.25) is 0 Å². The molecule has 20 heavy (non-hydrogen) atoms. The molecule has 0 amide bonds. The molecule has 0 heterocycles. The highest BCUT2D eigenvalue weighted by atomic mass is 79.9. The van der Waals surface area contributed by atoms with Crippen molar-refractivity contribution in [1.29, 1.82) is 0 Å². The summed E-state index contributed by atoms with van der Waals surface area (Å²) in [6.45, 7) is 2.95. The molecule has 0 saturated carbocycles. The first kappa shape index (κ1) is 15.5. The summed E-state index contributed by atoms with van der Waals surface area (Å²) in [7, 11) is 0. The third kappa shape index (κ3) is 3.60. The van der Waals surface area contributed by atoms with Gasteiger partial charge in [0.15, 0.2) is 0 Å². The lowest BCUT2D eigenvalue weighted by Gasteiger charge is -2.21. The number of rotatable bonds is 5. The average Bonchev–Trinajstić information content (AvgIpc) is 2.44. The fraction of sp³-hybridized carbons (Fsp3) is 0.250. The molecule has 0 spiro atoms. The van der Waals surface area contributed by atoms with Crippen LogP contribution in [0.4, 0.5) is 4.39 Å². The first-order valence-electron chi connectivity index (χ1n) is 6.56. The molecule has 0 saturated heterocycles. The van der Waals surface area contributed by atoms with Crippen molar-refractivity contribution in [2.24, 2.45) is 0 Å². The Morgan fingerprint density at radius 3 is 2.70 bits per heavy atom. The third-order valence-corrected chi connectivity index (χ3v) is 4.14. The molecule has 0 radical (unpaired) electrons. The fourth-order valence-corrected chi connectivity index (χ4v) is 2.82. The van der Waals surface area contributed by atoms with Gasteiger partial charge in [-0.15, -0.1) is 0 Å². The van der Waals surface area contributed by atoms with E-state index in [4.69, 9.17) is 11.6 Å². The van der Waals surface area contributed by atoms with Crippen LogP contribution in [-0.2, 0) is 0 Å². The predicted molar refractivity (Wildman–Crippen MR) is 85.7 cm³/mol. The van der Waals surface area contributed by atoms with Crippen LogP contribution in [0.5, 0.6) is 0 Å². The molecule has 0 bridgehead atoms. The molecule has 4 heteroatoms. The van der Waals surface area contributed by atoms with Crippen molar-refractivity contribution in [3.63, 3.8) is 0 Å². The molecule has 1 N–H and O–H groups in total. The van der Waals surface area contributed by atoms with E-state index in [0.29, 0.717) is 9.50 Å². The van der Waals surface area contributed by atoms with E-state index >= 15 is 0 Å². The molecule has 0 aliphatic carbocycles. The SMILES string of the molecule is CCCNC(c1cccc(Cl)c1)c1cccc(F)c1Br. The summed E-state index contributed by atoms with van der Waals surface area (Å²) in [5, 5.41) is 4.12. The maximum Gasteiger partial charge on any atom is 0.137 e. The Bertz CT molecular complexity index is 588. The zero-order valence-corrected chi connectivity index (χ0v) is 13.5. The quantitative estimate of drug-likeness (QED) is 0.763. The molecule has 0 fully saturated rings. The van der Waals surface area contributed by atoms with E-state index in [1.165, 1.54) is 6.07 Å². The Kier molecular flexibility index (Phi) is 5.58. The summed E-state index contributed by atoms with van der Waals surface area (Å²) in [6, 6.07) is 12.7. The van der Waals surface area contributed by atoms with Crippen molar-refractivity contribution >= 4 is 27.5 Å². The van der Waals surface area contributed by atoms with E-state index in [1.54, 1.807) is 6.07 Å². The van der Waals surface area contributed by atoms with E-state index in [2.05, 4.69) is 28.2 Å². The van der Waals surface area contributed by atoms with Crippen molar-refractivity contribution in [3.8, 4) is 0 Å². The zero-order chi connectivity index (χ0) is 14.5. The summed E-state index contributed by atoms with van der Waals surface area (Å²) in [5.74, 6) is -0.257. The smallest absolute Gasteiger partial charge is 0.137 e. The minimum Gasteiger partial charge on any atom is -0.306 e. The minimum atomic E-state index is -0.257. The van der Waals surface area contributed by atoms with Crippen molar-refractivity contribution in [2.45, 2.75) is 19.4 Å². The Hall–Kier alpha value is -0.900. The Labute approximate surface area is 132 Å². The highest BCUT2D eigenvalue weighted by molar-refractivity contribution is 9.10. The second-order valence-corrected chi connectivity index (χ2v) is 5.81. The molecule has 0 aliphatic heterocycles. The first-order valence-corrected chi connectivity index (χ1v) is 7.73. The Balaban J connectivity index is 2.44. The lowest BCUT2D eigenvalue weighted by molar-refractivity contribution is 0.580. The first-order chi connectivity index (χ1) is 9.63. The lowest BCUT2D eigenvalue weighted by atomic mass is 9.98. The van der Waals surface area contributed by atoms with Gasteiger partial charge in [0.2, 0.25) is 0 Å². The van der Waals surface area contributed by atoms with E-state index in [-0.39, 0.29) is 11.9 Å². The van der Waals surface area contributed by atoms with Crippen molar-refractivity contribution in [2.75, 3.05) is 6.54 Å². The molecule has 1 unspecified atom stereocenters. The fourth-order valence-electron chi connectivity index (χ4n) is 2.13. The van der Waals surface area contributed by atoms with Gasteiger partial charge in [-0.25, -0.2) is 4.39 Å². The molecule has 2 aromatic rings. The van der Waals surface area contributed by atoms with E-state index in [0.717, 1.165) is 24.1 Å². The Morgan fingerprint density at radius 2 is 2.00 bits per heavy atom. The van der Waals surface area contributed by atoms with E-state index in [1.807, 2.05) is 30.3 Å². The zero-order valence-electron chi connectivity index (χ0n) is 11.2. The molecule has 2 aromatic carbocycles. The largest absolute Gasteiger partial charge is 0.306 e. The number of hydrogen-bond donors (Lipinski definition) is 1. The molecule has 1 atom stereocenters.